The first-order valence-electron chi connectivity index (χ1n) is 7.82. The van der Waals surface area contributed by atoms with Crippen LogP contribution in [0.3, 0.4) is 0 Å². The van der Waals surface area contributed by atoms with Gasteiger partial charge in [0.15, 0.2) is 0 Å². The molecule has 2 aromatic carbocycles. The molecule has 5 nitrogen and oxygen atoms in total. The molecule has 1 aliphatic rings. The van der Waals surface area contributed by atoms with Crippen LogP contribution in [-0.4, -0.2) is 27.6 Å². The van der Waals surface area contributed by atoms with E-state index in [2.05, 4.69) is 0 Å². The third-order valence-electron chi connectivity index (χ3n) is 4.38. The van der Waals surface area contributed by atoms with Gasteiger partial charge < -0.3 is 20.8 Å². The van der Waals surface area contributed by atoms with E-state index in [9.17, 15) is 15.0 Å². The molecule has 0 aromatic heterocycles. The second kappa shape index (κ2) is 6.71. The molecule has 0 spiro atoms. The molecule has 1 heterocycles. The van der Waals surface area contributed by atoms with Crippen LogP contribution in [0.4, 0.5) is 0 Å². The highest BCUT2D eigenvalue weighted by Crippen LogP contribution is 2.37. The van der Waals surface area contributed by atoms with E-state index >= 15 is 0 Å². The largest absolute Gasteiger partial charge is 0.507 e. The fourth-order valence-electron chi connectivity index (χ4n) is 3.16. The lowest BCUT2D eigenvalue weighted by Gasteiger charge is -2.26. The summed E-state index contributed by atoms with van der Waals surface area (Å²) in [4.78, 5) is 14.6. The maximum atomic E-state index is 12.9. The zero-order valence-electron chi connectivity index (χ0n) is 13.1. The van der Waals surface area contributed by atoms with Gasteiger partial charge in [-0.05, 0) is 30.0 Å². The number of benzene rings is 2. The summed E-state index contributed by atoms with van der Waals surface area (Å²) in [6, 6.07) is 10.2. The minimum atomic E-state index is -0.296. The smallest absolute Gasteiger partial charge is 0.258 e. The molecule has 1 saturated heterocycles. The first-order valence-corrected chi connectivity index (χ1v) is 8.20. The van der Waals surface area contributed by atoms with E-state index in [1.54, 1.807) is 4.90 Å². The standard InChI is InChI=1S/C18H19ClN2O3/c19-14-8-13(16(22)9-17(14)23)18(24)21-6-2-5-15(21)12-4-1-3-11(7-12)10-20/h1,3-4,7-9,15,22-23H,2,5-6,10,20H2. The van der Waals surface area contributed by atoms with Gasteiger partial charge >= 0.3 is 0 Å². The molecule has 126 valence electrons. The van der Waals surface area contributed by atoms with Gasteiger partial charge in [-0.3, -0.25) is 4.79 Å². The first-order chi connectivity index (χ1) is 11.5. The number of rotatable bonds is 3. The topological polar surface area (TPSA) is 86.8 Å². The Bertz CT molecular complexity index is 779. The average Bonchev–Trinajstić information content (AvgIpc) is 3.07. The number of likely N-dealkylation sites (tertiary alicyclic amines) is 1. The number of nitrogens with zero attached hydrogens (tertiary/aromatic N) is 1. The van der Waals surface area contributed by atoms with Gasteiger partial charge in [-0.15, -0.1) is 0 Å². The van der Waals surface area contributed by atoms with Crippen molar-refractivity contribution in [3.63, 3.8) is 0 Å². The van der Waals surface area contributed by atoms with Crippen LogP contribution in [0.2, 0.25) is 5.02 Å². The van der Waals surface area contributed by atoms with Crippen molar-refractivity contribution in [3.8, 4) is 11.5 Å². The summed E-state index contributed by atoms with van der Waals surface area (Å²) in [5, 5.41) is 19.6. The van der Waals surface area contributed by atoms with E-state index in [-0.39, 0.29) is 34.0 Å². The number of hydrogen-bond acceptors (Lipinski definition) is 4. The van der Waals surface area contributed by atoms with Crippen molar-refractivity contribution in [1.82, 2.24) is 4.90 Å². The molecule has 1 aliphatic heterocycles. The van der Waals surface area contributed by atoms with Crippen molar-refractivity contribution in [2.24, 2.45) is 5.73 Å². The van der Waals surface area contributed by atoms with Crippen molar-refractivity contribution < 1.29 is 15.0 Å². The van der Waals surface area contributed by atoms with E-state index in [0.717, 1.165) is 30.0 Å². The molecular weight excluding hydrogens is 328 g/mol. The van der Waals surface area contributed by atoms with E-state index < -0.39 is 0 Å². The normalized spacial score (nSPS) is 17.2. The molecule has 0 radical (unpaired) electrons. The molecule has 1 amide bonds. The van der Waals surface area contributed by atoms with E-state index in [1.807, 2.05) is 24.3 Å². The number of hydrogen-bond donors (Lipinski definition) is 3. The quantitative estimate of drug-likeness (QED) is 0.796. The summed E-state index contributed by atoms with van der Waals surface area (Å²) in [7, 11) is 0. The summed E-state index contributed by atoms with van der Waals surface area (Å²) < 4.78 is 0. The van der Waals surface area contributed by atoms with Crippen molar-refractivity contribution in [2.45, 2.75) is 25.4 Å². The zero-order valence-corrected chi connectivity index (χ0v) is 13.8. The average molecular weight is 347 g/mol. The molecule has 1 atom stereocenters. The lowest BCUT2D eigenvalue weighted by molar-refractivity contribution is 0.0732. The second-order valence-electron chi connectivity index (χ2n) is 5.93. The number of nitrogens with two attached hydrogens (primary N) is 1. The third kappa shape index (κ3) is 3.05. The Morgan fingerprint density at radius 1 is 1.25 bits per heavy atom. The summed E-state index contributed by atoms with van der Waals surface area (Å²) in [5.74, 6) is -0.822. The second-order valence-corrected chi connectivity index (χ2v) is 6.33. The highest BCUT2D eigenvalue weighted by atomic mass is 35.5. The molecule has 2 aromatic rings. The molecule has 3 rings (SSSR count). The first kappa shape index (κ1) is 16.6. The minimum Gasteiger partial charge on any atom is -0.507 e. The van der Waals surface area contributed by atoms with Crippen LogP contribution in [-0.2, 0) is 6.54 Å². The fraction of sp³-hybridized carbons (Fsp3) is 0.278. The monoisotopic (exact) mass is 346 g/mol. The zero-order chi connectivity index (χ0) is 17.3. The highest BCUT2D eigenvalue weighted by Gasteiger charge is 2.32. The van der Waals surface area contributed by atoms with Crippen molar-refractivity contribution >= 4 is 17.5 Å². The van der Waals surface area contributed by atoms with Gasteiger partial charge in [0, 0.05) is 19.2 Å². The maximum absolute atomic E-state index is 12.9. The predicted molar refractivity (Wildman–Crippen MR) is 92.1 cm³/mol. The van der Waals surface area contributed by atoms with Crippen molar-refractivity contribution in [1.29, 1.82) is 0 Å². The summed E-state index contributed by atoms with van der Waals surface area (Å²) in [5.41, 5.74) is 7.85. The number of carbonyl (C=O) groups is 1. The van der Waals surface area contributed by atoms with E-state index in [1.165, 1.54) is 6.07 Å². The number of amides is 1. The molecule has 1 unspecified atom stereocenters. The lowest BCUT2D eigenvalue weighted by atomic mass is 10.0. The number of phenolic OH excluding ortho intramolecular Hbond substituents is 2. The molecule has 0 saturated carbocycles. The van der Waals surface area contributed by atoms with Crippen LogP contribution < -0.4 is 5.73 Å². The molecule has 4 N–H and O–H groups in total. The number of halogens is 1. The van der Waals surface area contributed by atoms with Crippen LogP contribution >= 0.6 is 11.6 Å². The SMILES string of the molecule is NCc1cccc(C2CCCN2C(=O)c2cc(Cl)c(O)cc2O)c1. The summed E-state index contributed by atoms with van der Waals surface area (Å²) in [6.07, 6.45) is 1.74. The molecule has 0 bridgehead atoms. The Balaban J connectivity index is 1.93. The molecule has 24 heavy (non-hydrogen) atoms. The Morgan fingerprint density at radius 2 is 2.04 bits per heavy atom. The number of carbonyl (C=O) groups excluding carboxylic acids is 1. The van der Waals surface area contributed by atoms with E-state index in [0.29, 0.717) is 13.1 Å². The fourth-order valence-corrected chi connectivity index (χ4v) is 3.32. The van der Waals surface area contributed by atoms with Crippen LogP contribution in [0.25, 0.3) is 0 Å². The molecular formula is C18H19ClN2O3. The Labute approximate surface area is 145 Å². The summed E-state index contributed by atoms with van der Waals surface area (Å²) in [6.45, 7) is 1.05. The number of aromatic hydroxyl groups is 2. The van der Waals surface area contributed by atoms with E-state index in [4.69, 9.17) is 17.3 Å². The minimum absolute atomic E-state index is 0.0389. The van der Waals surface area contributed by atoms with Gasteiger partial charge in [-0.2, -0.15) is 0 Å². The Kier molecular flexibility index (Phi) is 4.64. The molecule has 1 fully saturated rings. The Morgan fingerprint density at radius 3 is 2.79 bits per heavy atom. The molecule has 6 heteroatoms. The van der Waals surface area contributed by atoms with Gasteiger partial charge in [-0.25, -0.2) is 0 Å². The van der Waals surface area contributed by atoms with Gasteiger partial charge in [0.2, 0.25) is 0 Å². The van der Waals surface area contributed by atoms with Gasteiger partial charge in [0.05, 0.1) is 16.6 Å². The molecule has 0 aliphatic carbocycles. The number of phenols is 2. The van der Waals surface area contributed by atoms with Crippen LogP contribution in [0.1, 0.15) is 40.4 Å². The predicted octanol–water partition coefficient (Wildman–Crippen LogP) is 3.19. The summed E-state index contributed by atoms with van der Waals surface area (Å²) >= 11 is 5.88. The van der Waals surface area contributed by atoms with Crippen molar-refractivity contribution in [2.75, 3.05) is 6.54 Å². The lowest BCUT2D eigenvalue weighted by Crippen LogP contribution is -2.30. The van der Waals surface area contributed by atoms with Crippen LogP contribution in [0.15, 0.2) is 36.4 Å². The maximum Gasteiger partial charge on any atom is 0.258 e. The van der Waals surface area contributed by atoms with Gasteiger partial charge in [0.25, 0.3) is 5.91 Å². The van der Waals surface area contributed by atoms with Crippen LogP contribution in [0.5, 0.6) is 11.5 Å². The van der Waals surface area contributed by atoms with Gasteiger partial charge in [-0.1, -0.05) is 35.9 Å². The van der Waals surface area contributed by atoms with Gasteiger partial charge in [0.1, 0.15) is 11.5 Å². The van der Waals surface area contributed by atoms with Crippen LogP contribution in [0, 0.1) is 0 Å². The van der Waals surface area contributed by atoms with Crippen molar-refractivity contribution in [3.05, 3.63) is 58.1 Å². The Hall–Kier alpha value is -2.24. The highest BCUT2D eigenvalue weighted by molar-refractivity contribution is 6.32. The third-order valence-corrected chi connectivity index (χ3v) is 4.68.